The van der Waals surface area contributed by atoms with Gasteiger partial charge in [0.1, 0.15) is 12.4 Å². The van der Waals surface area contributed by atoms with Crippen molar-refractivity contribution in [3.05, 3.63) is 24.3 Å². The van der Waals surface area contributed by atoms with Crippen LogP contribution in [0.3, 0.4) is 0 Å². The second kappa shape index (κ2) is 6.50. The van der Waals surface area contributed by atoms with Gasteiger partial charge in [-0.15, -0.1) is 0 Å². The van der Waals surface area contributed by atoms with Gasteiger partial charge in [-0.1, -0.05) is 26.8 Å². The van der Waals surface area contributed by atoms with Crippen LogP contribution in [0.1, 0.15) is 27.2 Å². The molecule has 0 saturated heterocycles. The highest BCUT2D eigenvalue weighted by Gasteiger charge is 2.08. The summed E-state index contributed by atoms with van der Waals surface area (Å²) in [7, 11) is 0. The van der Waals surface area contributed by atoms with Gasteiger partial charge >= 0.3 is 0 Å². The van der Waals surface area contributed by atoms with Gasteiger partial charge in [-0.05, 0) is 24.0 Å². The monoisotopic (exact) mass is 237 g/mol. The normalized spacial score (nSPS) is 11.5. The highest BCUT2D eigenvalue weighted by Crippen LogP contribution is 2.18. The fourth-order valence-electron chi connectivity index (χ4n) is 1.30. The number of nitrogen functional groups attached to an aromatic ring is 1. The number of hydrogen-bond acceptors (Lipinski definition) is 3. The van der Waals surface area contributed by atoms with Crippen LogP contribution < -0.4 is 10.5 Å². The average Bonchev–Trinajstić information content (AvgIpc) is 2.22. The Morgan fingerprint density at radius 3 is 2.53 bits per heavy atom. The minimum atomic E-state index is 0.328. The van der Waals surface area contributed by atoms with Crippen LogP contribution in [0, 0.1) is 5.41 Å². The predicted molar refractivity (Wildman–Crippen MR) is 71.2 cm³/mol. The third kappa shape index (κ3) is 6.84. The molecule has 1 aromatic carbocycles. The van der Waals surface area contributed by atoms with Crippen LogP contribution in [-0.4, -0.2) is 19.8 Å². The largest absolute Gasteiger partial charge is 0.491 e. The molecule has 0 aromatic heterocycles. The molecule has 1 rings (SSSR count). The molecule has 0 unspecified atom stereocenters. The summed E-state index contributed by atoms with van der Waals surface area (Å²) in [5.74, 6) is 0.796. The lowest BCUT2D eigenvalue weighted by atomic mass is 9.93. The van der Waals surface area contributed by atoms with Crippen molar-refractivity contribution in [2.45, 2.75) is 27.2 Å². The lowest BCUT2D eigenvalue weighted by molar-refractivity contribution is 0.0819. The molecule has 0 atom stereocenters. The fourth-order valence-corrected chi connectivity index (χ4v) is 1.30. The Kier molecular flexibility index (Phi) is 5.29. The maximum atomic E-state index is 5.65. The SMILES string of the molecule is CC(C)(C)CCOCCOc1cccc(N)c1. The van der Waals surface area contributed by atoms with Crippen LogP contribution in [0.5, 0.6) is 5.75 Å². The maximum absolute atomic E-state index is 5.65. The first kappa shape index (κ1) is 13.8. The summed E-state index contributed by atoms with van der Waals surface area (Å²) >= 11 is 0. The van der Waals surface area contributed by atoms with E-state index in [9.17, 15) is 0 Å². The number of benzene rings is 1. The van der Waals surface area contributed by atoms with Gasteiger partial charge in [-0.25, -0.2) is 0 Å². The number of rotatable bonds is 6. The number of hydrogen-bond donors (Lipinski definition) is 1. The molecule has 17 heavy (non-hydrogen) atoms. The summed E-state index contributed by atoms with van der Waals surface area (Å²) < 4.78 is 11.0. The van der Waals surface area contributed by atoms with E-state index in [1.807, 2.05) is 24.3 Å². The second-order valence-electron chi connectivity index (χ2n) is 5.34. The summed E-state index contributed by atoms with van der Waals surface area (Å²) in [6, 6.07) is 7.43. The summed E-state index contributed by atoms with van der Waals surface area (Å²) in [5.41, 5.74) is 6.69. The maximum Gasteiger partial charge on any atom is 0.121 e. The van der Waals surface area contributed by atoms with Crippen LogP contribution in [-0.2, 0) is 4.74 Å². The van der Waals surface area contributed by atoms with Crippen molar-refractivity contribution in [2.24, 2.45) is 5.41 Å². The lowest BCUT2D eigenvalue weighted by Crippen LogP contribution is -2.12. The van der Waals surface area contributed by atoms with Crippen molar-refractivity contribution < 1.29 is 9.47 Å². The first-order valence-corrected chi connectivity index (χ1v) is 6.03. The second-order valence-corrected chi connectivity index (χ2v) is 5.34. The van der Waals surface area contributed by atoms with E-state index < -0.39 is 0 Å². The molecule has 0 radical (unpaired) electrons. The molecule has 0 aliphatic carbocycles. The van der Waals surface area contributed by atoms with Crippen molar-refractivity contribution in [1.29, 1.82) is 0 Å². The first-order valence-electron chi connectivity index (χ1n) is 6.03. The molecule has 96 valence electrons. The molecule has 0 spiro atoms. The standard InChI is InChI=1S/C14H23NO2/c1-14(2,3)7-8-16-9-10-17-13-6-4-5-12(15)11-13/h4-6,11H,7-10,15H2,1-3H3. The quantitative estimate of drug-likeness (QED) is 0.610. The van der Waals surface area contributed by atoms with Crippen molar-refractivity contribution in [3.63, 3.8) is 0 Å². The number of nitrogens with two attached hydrogens (primary N) is 1. The average molecular weight is 237 g/mol. The van der Waals surface area contributed by atoms with E-state index >= 15 is 0 Å². The van der Waals surface area contributed by atoms with Crippen molar-refractivity contribution in [2.75, 3.05) is 25.6 Å². The molecule has 3 heteroatoms. The van der Waals surface area contributed by atoms with Crippen molar-refractivity contribution in [1.82, 2.24) is 0 Å². The minimum absolute atomic E-state index is 0.328. The van der Waals surface area contributed by atoms with Gasteiger partial charge in [-0.3, -0.25) is 0 Å². The Hall–Kier alpha value is -1.22. The van der Waals surface area contributed by atoms with E-state index in [-0.39, 0.29) is 0 Å². The number of ether oxygens (including phenoxy) is 2. The highest BCUT2D eigenvalue weighted by molar-refractivity contribution is 5.43. The number of anilines is 1. The van der Waals surface area contributed by atoms with Gasteiger partial charge in [0.2, 0.25) is 0 Å². The van der Waals surface area contributed by atoms with Crippen LogP contribution >= 0.6 is 0 Å². The summed E-state index contributed by atoms with van der Waals surface area (Å²) in [6.45, 7) is 8.58. The van der Waals surface area contributed by atoms with E-state index in [1.54, 1.807) is 0 Å². The summed E-state index contributed by atoms with van der Waals surface area (Å²) in [5, 5.41) is 0. The fraction of sp³-hybridized carbons (Fsp3) is 0.571. The Morgan fingerprint density at radius 2 is 1.88 bits per heavy atom. The van der Waals surface area contributed by atoms with E-state index in [0.717, 1.165) is 24.5 Å². The molecular weight excluding hydrogens is 214 g/mol. The molecule has 0 aliphatic heterocycles. The third-order valence-corrected chi connectivity index (χ3v) is 2.35. The first-order chi connectivity index (χ1) is 7.97. The van der Waals surface area contributed by atoms with Crippen LogP contribution in [0.2, 0.25) is 0 Å². The molecule has 3 nitrogen and oxygen atoms in total. The van der Waals surface area contributed by atoms with Gasteiger partial charge in [0, 0.05) is 18.4 Å². The predicted octanol–water partition coefficient (Wildman–Crippen LogP) is 3.10. The van der Waals surface area contributed by atoms with Crippen molar-refractivity contribution >= 4 is 5.69 Å². The molecule has 1 aromatic rings. The zero-order valence-electron chi connectivity index (χ0n) is 11.0. The molecule has 0 amide bonds. The third-order valence-electron chi connectivity index (χ3n) is 2.35. The van der Waals surface area contributed by atoms with Gasteiger partial charge in [0.15, 0.2) is 0 Å². The summed E-state index contributed by atoms with van der Waals surface area (Å²) in [6.07, 6.45) is 1.06. The molecule has 0 fully saturated rings. The van der Waals surface area contributed by atoms with Gasteiger partial charge in [0.25, 0.3) is 0 Å². The summed E-state index contributed by atoms with van der Waals surface area (Å²) in [4.78, 5) is 0. The van der Waals surface area contributed by atoms with E-state index in [1.165, 1.54) is 0 Å². The minimum Gasteiger partial charge on any atom is -0.491 e. The molecule has 0 bridgehead atoms. The van der Waals surface area contributed by atoms with E-state index in [0.29, 0.717) is 18.6 Å². The molecular formula is C14H23NO2. The highest BCUT2D eigenvalue weighted by atomic mass is 16.5. The van der Waals surface area contributed by atoms with Crippen LogP contribution in [0.15, 0.2) is 24.3 Å². The van der Waals surface area contributed by atoms with Gasteiger partial charge in [-0.2, -0.15) is 0 Å². The van der Waals surface area contributed by atoms with Crippen molar-refractivity contribution in [3.8, 4) is 5.75 Å². The Balaban J connectivity index is 2.09. The van der Waals surface area contributed by atoms with Gasteiger partial charge in [0.05, 0.1) is 6.61 Å². The van der Waals surface area contributed by atoms with Crippen LogP contribution in [0.25, 0.3) is 0 Å². The Bertz CT molecular complexity index is 331. The van der Waals surface area contributed by atoms with E-state index in [4.69, 9.17) is 15.2 Å². The van der Waals surface area contributed by atoms with E-state index in [2.05, 4.69) is 20.8 Å². The Labute approximate surface area is 104 Å². The molecule has 0 saturated carbocycles. The molecule has 2 N–H and O–H groups in total. The molecule has 0 aliphatic rings. The Morgan fingerprint density at radius 1 is 1.12 bits per heavy atom. The topological polar surface area (TPSA) is 44.5 Å². The zero-order valence-corrected chi connectivity index (χ0v) is 11.0. The zero-order chi connectivity index (χ0) is 12.7. The van der Waals surface area contributed by atoms with Gasteiger partial charge < -0.3 is 15.2 Å². The smallest absolute Gasteiger partial charge is 0.121 e. The lowest BCUT2D eigenvalue weighted by Gasteiger charge is -2.17. The van der Waals surface area contributed by atoms with Crippen LogP contribution in [0.4, 0.5) is 5.69 Å². The molecule has 0 heterocycles.